The normalized spacial score (nSPS) is 11.1. The third-order valence-corrected chi connectivity index (χ3v) is 4.82. The van der Waals surface area contributed by atoms with Crippen molar-refractivity contribution in [2.75, 3.05) is 5.32 Å². The lowest BCUT2D eigenvalue weighted by atomic mass is 10.1. The number of anilines is 1. The van der Waals surface area contributed by atoms with Gasteiger partial charge < -0.3 is 15.0 Å². The van der Waals surface area contributed by atoms with E-state index in [1.54, 1.807) is 6.07 Å². The Balaban J connectivity index is 1.69. The Morgan fingerprint density at radius 3 is 2.50 bits per heavy atom. The average Bonchev–Trinajstić information content (AvgIpc) is 3.01. The Labute approximate surface area is 155 Å². The summed E-state index contributed by atoms with van der Waals surface area (Å²) < 4.78 is 2.27. The molecule has 138 valence electrons. The lowest BCUT2D eigenvalue weighted by Gasteiger charge is -2.11. The van der Waals surface area contributed by atoms with Gasteiger partial charge in [0, 0.05) is 18.7 Å². The number of hydrogen-bond acceptors (Lipinski definition) is 3. The van der Waals surface area contributed by atoms with Gasteiger partial charge >= 0.3 is 0 Å². The van der Waals surface area contributed by atoms with E-state index in [4.69, 9.17) is 4.98 Å². The summed E-state index contributed by atoms with van der Waals surface area (Å²) >= 11 is 0. The van der Waals surface area contributed by atoms with Crippen molar-refractivity contribution in [3.05, 3.63) is 54.1 Å². The molecule has 0 amide bonds. The first-order valence-corrected chi connectivity index (χ1v) is 9.75. The number of nitrogens with zero attached hydrogens (tertiary/aromatic N) is 2. The third kappa shape index (κ3) is 4.57. The Bertz CT molecular complexity index is 825. The molecule has 1 aromatic heterocycles. The van der Waals surface area contributed by atoms with Crippen molar-refractivity contribution in [2.24, 2.45) is 0 Å². The second kappa shape index (κ2) is 9.27. The minimum atomic E-state index is 0.318. The molecule has 4 heteroatoms. The van der Waals surface area contributed by atoms with Gasteiger partial charge in [-0.2, -0.15) is 0 Å². The van der Waals surface area contributed by atoms with Crippen molar-refractivity contribution >= 4 is 17.0 Å². The topological polar surface area (TPSA) is 50.1 Å². The number of hydrogen-bond donors (Lipinski definition) is 2. The summed E-state index contributed by atoms with van der Waals surface area (Å²) in [6.45, 7) is 3.78. The highest BCUT2D eigenvalue weighted by atomic mass is 16.3. The van der Waals surface area contributed by atoms with Crippen molar-refractivity contribution in [1.29, 1.82) is 0 Å². The number of aryl methyl sites for hydroxylation is 1. The smallest absolute Gasteiger partial charge is 0.204 e. The van der Waals surface area contributed by atoms with Gasteiger partial charge in [-0.05, 0) is 24.6 Å². The van der Waals surface area contributed by atoms with Gasteiger partial charge in [-0.25, -0.2) is 4.98 Å². The Morgan fingerprint density at radius 2 is 1.65 bits per heavy atom. The molecule has 3 aromatic rings. The molecule has 0 saturated carbocycles. The highest BCUT2D eigenvalue weighted by Gasteiger charge is 2.10. The molecule has 2 aromatic carbocycles. The van der Waals surface area contributed by atoms with Crippen LogP contribution in [-0.4, -0.2) is 14.7 Å². The maximum absolute atomic E-state index is 9.97. The summed E-state index contributed by atoms with van der Waals surface area (Å²) in [5.41, 5.74) is 3.06. The second-order valence-corrected chi connectivity index (χ2v) is 6.83. The molecule has 0 radical (unpaired) electrons. The summed E-state index contributed by atoms with van der Waals surface area (Å²) in [4.78, 5) is 4.76. The molecule has 2 N–H and O–H groups in total. The number of nitrogens with one attached hydrogen (secondary N) is 1. The fourth-order valence-corrected chi connectivity index (χ4v) is 3.32. The van der Waals surface area contributed by atoms with Crippen LogP contribution in [-0.2, 0) is 13.1 Å². The van der Waals surface area contributed by atoms with Crippen molar-refractivity contribution in [2.45, 2.75) is 58.5 Å². The van der Waals surface area contributed by atoms with Crippen molar-refractivity contribution in [1.82, 2.24) is 9.55 Å². The largest absolute Gasteiger partial charge is 0.508 e. The fourth-order valence-electron chi connectivity index (χ4n) is 3.32. The summed E-state index contributed by atoms with van der Waals surface area (Å²) in [7, 11) is 0. The van der Waals surface area contributed by atoms with E-state index in [-0.39, 0.29) is 0 Å². The molecule has 0 atom stereocenters. The number of unbranched alkanes of at least 4 members (excludes halogenated alkanes) is 5. The first-order chi connectivity index (χ1) is 12.8. The predicted molar refractivity (Wildman–Crippen MR) is 109 cm³/mol. The van der Waals surface area contributed by atoms with Crippen LogP contribution in [0.15, 0.2) is 48.5 Å². The number of aromatic nitrogens is 2. The van der Waals surface area contributed by atoms with E-state index in [2.05, 4.69) is 35.0 Å². The molecule has 26 heavy (non-hydrogen) atoms. The Morgan fingerprint density at radius 1 is 0.923 bits per heavy atom. The van der Waals surface area contributed by atoms with Crippen molar-refractivity contribution in [3.63, 3.8) is 0 Å². The van der Waals surface area contributed by atoms with Gasteiger partial charge in [-0.1, -0.05) is 69.4 Å². The van der Waals surface area contributed by atoms with Gasteiger partial charge in [0.25, 0.3) is 0 Å². The number of benzene rings is 2. The molecule has 0 saturated heterocycles. The minimum Gasteiger partial charge on any atom is -0.508 e. The van der Waals surface area contributed by atoms with Crippen molar-refractivity contribution in [3.8, 4) is 5.75 Å². The molecule has 0 fully saturated rings. The summed E-state index contributed by atoms with van der Waals surface area (Å²) in [6.07, 6.45) is 7.68. The third-order valence-electron chi connectivity index (χ3n) is 4.82. The number of phenols is 1. The zero-order chi connectivity index (χ0) is 18.2. The molecule has 0 aliphatic rings. The van der Waals surface area contributed by atoms with Gasteiger partial charge in [0.05, 0.1) is 11.0 Å². The zero-order valence-corrected chi connectivity index (χ0v) is 15.6. The molecule has 1 heterocycles. The molecular formula is C22H29N3O. The van der Waals surface area contributed by atoms with E-state index in [0.29, 0.717) is 12.3 Å². The molecule has 0 spiro atoms. The van der Waals surface area contributed by atoms with Gasteiger partial charge in [-0.3, -0.25) is 0 Å². The van der Waals surface area contributed by atoms with Crippen LogP contribution >= 0.6 is 0 Å². The molecular weight excluding hydrogens is 322 g/mol. The fraction of sp³-hybridized carbons (Fsp3) is 0.409. The first kappa shape index (κ1) is 18.3. The van der Waals surface area contributed by atoms with Gasteiger partial charge in [0.15, 0.2) is 0 Å². The summed E-state index contributed by atoms with van der Waals surface area (Å²) in [5, 5.41) is 13.4. The van der Waals surface area contributed by atoms with Gasteiger partial charge in [-0.15, -0.1) is 0 Å². The van der Waals surface area contributed by atoms with E-state index in [1.807, 2.05) is 24.3 Å². The van der Waals surface area contributed by atoms with Crippen LogP contribution in [0.25, 0.3) is 11.0 Å². The van der Waals surface area contributed by atoms with Gasteiger partial charge in [0.2, 0.25) is 5.95 Å². The Kier molecular flexibility index (Phi) is 6.53. The SMILES string of the molecule is CCCCCCCCn1c(NCc2ccccc2O)nc2ccccc21. The molecule has 4 nitrogen and oxygen atoms in total. The highest BCUT2D eigenvalue weighted by Crippen LogP contribution is 2.23. The average molecular weight is 351 g/mol. The first-order valence-electron chi connectivity index (χ1n) is 9.75. The van der Waals surface area contributed by atoms with Crippen molar-refractivity contribution < 1.29 is 5.11 Å². The summed E-state index contributed by atoms with van der Waals surface area (Å²) in [6, 6.07) is 15.7. The lowest BCUT2D eigenvalue weighted by Crippen LogP contribution is -2.08. The van der Waals surface area contributed by atoms with E-state index < -0.39 is 0 Å². The monoisotopic (exact) mass is 351 g/mol. The second-order valence-electron chi connectivity index (χ2n) is 6.83. The molecule has 0 unspecified atom stereocenters. The lowest BCUT2D eigenvalue weighted by molar-refractivity contribution is 0.469. The summed E-state index contributed by atoms with van der Waals surface area (Å²) in [5.74, 6) is 1.20. The van der Waals surface area contributed by atoms with Gasteiger partial charge in [0.1, 0.15) is 5.75 Å². The standard InChI is InChI=1S/C22H29N3O/c1-2-3-4-5-6-11-16-25-20-14-9-8-13-19(20)24-22(25)23-17-18-12-7-10-15-21(18)26/h7-10,12-15,26H,2-6,11,16-17H2,1H3,(H,23,24). The van der Waals surface area contributed by atoms with Crippen LogP contribution in [0.1, 0.15) is 51.0 Å². The predicted octanol–water partition coefficient (Wildman–Crippen LogP) is 5.71. The van der Waals surface area contributed by atoms with E-state index in [9.17, 15) is 5.11 Å². The number of rotatable bonds is 10. The zero-order valence-electron chi connectivity index (χ0n) is 15.6. The number of imidazole rings is 1. The van der Waals surface area contributed by atoms with E-state index in [1.165, 1.54) is 37.6 Å². The van der Waals surface area contributed by atoms with Crippen LogP contribution in [0.2, 0.25) is 0 Å². The number of aromatic hydroxyl groups is 1. The van der Waals surface area contributed by atoms with Crippen LogP contribution in [0, 0.1) is 0 Å². The molecule has 0 aliphatic carbocycles. The minimum absolute atomic E-state index is 0.318. The van der Waals surface area contributed by atoms with Crippen LogP contribution in [0.5, 0.6) is 5.75 Å². The maximum atomic E-state index is 9.97. The van der Waals surface area contributed by atoms with Crippen LogP contribution in [0.4, 0.5) is 5.95 Å². The number of phenolic OH excluding ortho intramolecular Hbond substituents is 1. The Hall–Kier alpha value is -2.49. The quantitative estimate of drug-likeness (QED) is 0.460. The highest BCUT2D eigenvalue weighted by molar-refractivity contribution is 5.78. The number of para-hydroxylation sites is 3. The van der Waals surface area contributed by atoms with Crippen LogP contribution in [0.3, 0.4) is 0 Å². The molecule has 0 bridgehead atoms. The van der Waals surface area contributed by atoms with Crippen LogP contribution < -0.4 is 5.32 Å². The maximum Gasteiger partial charge on any atom is 0.204 e. The van der Waals surface area contributed by atoms with E-state index >= 15 is 0 Å². The molecule has 3 rings (SSSR count). The van der Waals surface area contributed by atoms with E-state index in [0.717, 1.165) is 30.0 Å². The molecule has 0 aliphatic heterocycles. The number of fused-ring (bicyclic) bond motifs is 1.